The minimum atomic E-state index is -0.387. The van der Waals surface area contributed by atoms with Crippen LogP contribution < -0.4 is 0 Å². The molecule has 0 fully saturated rings. The molecular formula is C6H5ClINO2. The molecule has 0 bridgehead atoms. The van der Waals surface area contributed by atoms with Crippen molar-refractivity contribution in [2.45, 2.75) is 0 Å². The predicted octanol–water partition coefficient (Wildman–Crippen LogP) is 2.62. The van der Waals surface area contributed by atoms with E-state index in [1.807, 2.05) is 22.6 Å². The largest absolute Gasteiger partial charge is 0.282 e. The second-order valence-electron chi connectivity index (χ2n) is 1.71. The Labute approximate surface area is 83.5 Å². The molecule has 0 aliphatic rings. The Morgan fingerprint density at radius 1 is 1.36 bits per heavy atom. The second-order valence-corrected chi connectivity index (χ2v) is 2.87. The summed E-state index contributed by atoms with van der Waals surface area (Å²) in [4.78, 5) is 9.84. The van der Waals surface area contributed by atoms with Crippen LogP contribution in [0.25, 0.3) is 0 Å². The first-order valence-electron chi connectivity index (χ1n) is 2.61. The number of hydrogen-bond acceptors (Lipinski definition) is 2. The van der Waals surface area contributed by atoms with Gasteiger partial charge in [0, 0.05) is 6.07 Å². The van der Waals surface area contributed by atoms with Crippen LogP contribution in [0.5, 0.6) is 0 Å². The molecule has 1 aromatic carbocycles. The molecule has 5 heteroatoms. The predicted molar refractivity (Wildman–Crippen MR) is 53.1 cm³/mol. The highest BCUT2D eigenvalue weighted by Crippen LogP contribution is 2.18. The maximum Gasteiger partial charge on any atom is 0.282 e. The third kappa shape index (κ3) is 2.63. The lowest BCUT2D eigenvalue weighted by Crippen LogP contribution is -1.89. The van der Waals surface area contributed by atoms with Gasteiger partial charge in [0.15, 0.2) is 0 Å². The third-order valence-corrected chi connectivity index (χ3v) is 1.96. The van der Waals surface area contributed by atoms with Crippen molar-refractivity contribution in [1.29, 1.82) is 0 Å². The molecule has 0 heterocycles. The number of benzene rings is 1. The molecule has 0 amide bonds. The number of halogens is 2. The summed E-state index contributed by atoms with van der Waals surface area (Å²) in [6.07, 6.45) is 0. The van der Waals surface area contributed by atoms with Crippen LogP contribution in [0.15, 0.2) is 24.3 Å². The SMILES string of the molecule is Cl.O=[N+]([O-])c1ccccc1I. The Hall–Kier alpha value is -0.360. The van der Waals surface area contributed by atoms with E-state index in [-0.39, 0.29) is 23.0 Å². The Balaban J connectivity index is 0.000001000. The minimum Gasteiger partial charge on any atom is -0.258 e. The summed E-state index contributed by atoms with van der Waals surface area (Å²) in [5, 5.41) is 10.2. The highest BCUT2D eigenvalue weighted by Gasteiger charge is 2.07. The van der Waals surface area contributed by atoms with E-state index in [1.54, 1.807) is 18.2 Å². The summed E-state index contributed by atoms with van der Waals surface area (Å²) < 4.78 is 0.671. The molecule has 1 rings (SSSR count). The molecule has 0 aliphatic carbocycles. The van der Waals surface area contributed by atoms with Crippen molar-refractivity contribution in [3.05, 3.63) is 37.9 Å². The smallest absolute Gasteiger partial charge is 0.258 e. The first kappa shape index (κ1) is 10.6. The average molecular weight is 285 g/mol. The normalized spacial score (nSPS) is 8.45. The highest BCUT2D eigenvalue weighted by molar-refractivity contribution is 14.1. The van der Waals surface area contributed by atoms with Crippen molar-refractivity contribution >= 4 is 40.7 Å². The summed E-state index contributed by atoms with van der Waals surface area (Å²) in [6, 6.07) is 6.62. The first-order chi connectivity index (χ1) is 4.72. The summed E-state index contributed by atoms with van der Waals surface area (Å²) in [5.74, 6) is 0. The topological polar surface area (TPSA) is 43.1 Å². The number of nitrogens with zero attached hydrogens (tertiary/aromatic N) is 1. The van der Waals surface area contributed by atoms with Crippen molar-refractivity contribution in [3.63, 3.8) is 0 Å². The lowest BCUT2D eigenvalue weighted by Gasteiger charge is -1.91. The van der Waals surface area contributed by atoms with E-state index in [0.717, 1.165) is 0 Å². The number of rotatable bonds is 1. The summed E-state index contributed by atoms with van der Waals surface area (Å²) in [6.45, 7) is 0. The van der Waals surface area contributed by atoms with Crippen LogP contribution >= 0.6 is 35.0 Å². The first-order valence-corrected chi connectivity index (χ1v) is 3.68. The standard InChI is InChI=1S/C6H4INO2.ClH/c7-5-3-1-2-4-6(5)8(9)10;/h1-4H;1H. The van der Waals surface area contributed by atoms with Gasteiger partial charge in [-0.2, -0.15) is 0 Å². The van der Waals surface area contributed by atoms with Crippen LogP contribution in [0.1, 0.15) is 0 Å². The molecule has 0 saturated heterocycles. The molecule has 0 unspecified atom stereocenters. The van der Waals surface area contributed by atoms with E-state index in [1.165, 1.54) is 6.07 Å². The van der Waals surface area contributed by atoms with Gasteiger partial charge in [-0.25, -0.2) is 0 Å². The summed E-state index contributed by atoms with van der Waals surface area (Å²) in [7, 11) is 0. The van der Waals surface area contributed by atoms with E-state index in [2.05, 4.69) is 0 Å². The fraction of sp³-hybridized carbons (Fsp3) is 0. The van der Waals surface area contributed by atoms with E-state index >= 15 is 0 Å². The fourth-order valence-electron chi connectivity index (χ4n) is 0.600. The molecule has 0 atom stereocenters. The van der Waals surface area contributed by atoms with E-state index in [0.29, 0.717) is 3.57 Å². The van der Waals surface area contributed by atoms with E-state index < -0.39 is 0 Å². The van der Waals surface area contributed by atoms with Crippen LogP contribution in [0.4, 0.5) is 5.69 Å². The van der Waals surface area contributed by atoms with Crippen LogP contribution in [0, 0.1) is 13.7 Å². The van der Waals surface area contributed by atoms with Crippen LogP contribution in [-0.2, 0) is 0 Å². The molecule has 0 spiro atoms. The molecule has 0 aromatic heterocycles. The molecule has 0 saturated carbocycles. The molecule has 60 valence electrons. The molecule has 11 heavy (non-hydrogen) atoms. The quantitative estimate of drug-likeness (QED) is 0.452. The van der Waals surface area contributed by atoms with Gasteiger partial charge in [0.05, 0.1) is 8.49 Å². The van der Waals surface area contributed by atoms with Gasteiger partial charge in [-0.15, -0.1) is 12.4 Å². The Morgan fingerprint density at radius 2 is 1.91 bits per heavy atom. The number of hydrogen-bond donors (Lipinski definition) is 0. The zero-order valence-electron chi connectivity index (χ0n) is 5.36. The third-order valence-electron chi connectivity index (χ3n) is 1.05. The maximum atomic E-state index is 10.2. The zero-order valence-corrected chi connectivity index (χ0v) is 8.33. The summed E-state index contributed by atoms with van der Waals surface area (Å²) >= 11 is 1.93. The van der Waals surface area contributed by atoms with Gasteiger partial charge in [0.25, 0.3) is 5.69 Å². The lowest BCUT2D eigenvalue weighted by molar-refractivity contribution is -0.385. The number of para-hydroxylation sites is 1. The summed E-state index contributed by atoms with van der Waals surface area (Å²) in [5.41, 5.74) is 0.170. The molecule has 1 aromatic rings. The second kappa shape index (κ2) is 4.50. The van der Waals surface area contributed by atoms with E-state index in [4.69, 9.17) is 0 Å². The van der Waals surface area contributed by atoms with Gasteiger partial charge in [-0.05, 0) is 28.7 Å². The van der Waals surface area contributed by atoms with Crippen molar-refractivity contribution in [2.75, 3.05) is 0 Å². The highest BCUT2D eigenvalue weighted by atomic mass is 127. The monoisotopic (exact) mass is 285 g/mol. The van der Waals surface area contributed by atoms with Gasteiger partial charge in [0.1, 0.15) is 0 Å². The Kier molecular flexibility index (Phi) is 4.36. The Bertz CT molecular complexity index is 267. The van der Waals surface area contributed by atoms with Gasteiger partial charge >= 0.3 is 0 Å². The molecule has 0 N–H and O–H groups in total. The van der Waals surface area contributed by atoms with Crippen molar-refractivity contribution in [1.82, 2.24) is 0 Å². The van der Waals surface area contributed by atoms with Crippen molar-refractivity contribution in [2.24, 2.45) is 0 Å². The fourth-order valence-corrected chi connectivity index (χ4v) is 1.18. The van der Waals surface area contributed by atoms with Crippen LogP contribution in [0.2, 0.25) is 0 Å². The zero-order chi connectivity index (χ0) is 7.56. The van der Waals surface area contributed by atoms with Gasteiger partial charge in [0.2, 0.25) is 0 Å². The molecule has 3 nitrogen and oxygen atoms in total. The lowest BCUT2D eigenvalue weighted by atomic mass is 10.3. The number of nitro benzene ring substituents is 1. The van der Waals surface area contributed by atoms with E-state index in [9.17, 15) is 10.1 Å². The average Bonchev–Trinajstić information content (AvgIpc) is 1.88. The van der Waals surface area contributed by atoms with Crippen molar-refractivity contribution in [3.8, 4) is 0 Å². The van der Waals surface area contributed by atoms with Crippen molar-refractivity contribution < 1.29 is 4.92 Å². The molecule has 0 aliphatic heterocycles. The van der Waals surface area contributed by atoms with Crippen LogP contribution in [-0.4, -0.2) is 4.92 Å². The minimum absolute atomic E-state index is 0. The number of nitro groups is 1. The van der Waals surface area contributed by atoms with Gasteiger partial charge in [-0.1, -0.05) is 12.1 Å². The maximum absolute atomic E-state index is 10.2. The molecular weight excluding hydrogens is 280 g/mol. The van der Waals surface area contributed by atoms with Gasteiger partial charge in [-0.3, -0.25) is 10.1 Å². The Morgan fingerprint density at radius 3 is 2.27 bits per heavy atom. The molecule has 0 radical (unpaired) electrons. The van der Waals surface area contributed by atoms with Crippen LogP contribution in [0.3, 0.4) is 0 Å². The van der Waals surface area contributed by atoms with Gasteiger partial charge < -0.3 is 0 Å².